The molecule has 15 heavy (non-hydrogen) atoms. The van der Waals surface area contributed by atoms with E-state index in [1.807, 2.05) is 21.8 Å². The Morgan fingerprint density at radius 1 is 0.867 bits per heavy atom. The van der Waals surface area contributed by atoms with Crippen molar-refractivity contribution in [3.8, 4) is 0 Å². The van der Waals surface area contributed by atoms with Gasteiger partial charge in [-0.25, -0.2) is 0 Å². The van der Waals surface area contributed by atoms with Crippen LogP contribution in [0.3, 0.4) is 0 Å². The summed E-state index contributed by atoms with van der Waals surface area (Å²) in [6, 6.07) is 4.28. The maximum absolute atomic E-state index is 5.99. The molecule has 0 unspecified atom stereocenters. The van der Waals surface area contributed by atoms with E-state index in [1.54, 1.807) is 0 Å². The van der Waals surface area contributed by atoms with Crippen molar-refractivity contribution in [1.29, 1.82) is 0 Å². The van der Waals surface area contributed by atoms with Crippen LogP contribution in [0.5, 0.6) is 0 Å². The van der Waals surface area contributed by atoms with Crippen LogP contribution >= 0.6 is 0 Å². The van der Waals surface area contributed by atoms with Crippen LogP contribution in [-0.4, -0.2) is 21.8 Å². The monoisotopic (exact) mass is 322 g/mol. The van der Waals surface area contributed by atoms with Gasteiger partial charge in [0.15, 0.2) is 0 Å². The van der Waals surface area contributed by atoms with Crippen molar-refractivity contribution < 1.29 is 4.42 Å². The van der Waals surface area contributed by atoms with Gasteiger partial charge in [-0.3, -0.25) is 0 Å². The maximum atomic E-state index is 5.99. The Hall–Kier alpha value is -0.0604. The van der Waals surface area contributed by atoms with Crippen LogP contribution in [0.4, 0.5) is 0 Å². The number of hydrogen-bond acceptors (Lipinski definition) is 1. The zero-order valence-corrected chi connectivity index (χ0v) is 12.8. The molecule has 0 bridgehead atoms. The Balaban J connectivity index is 3.36. The molecule has 0 radical (unpaired) electrons. The van der Waals surface area contributed by atoms with Gasteiger partial charge in [0.2, 0.25) is 0 Å². The van der Waals surface area contributed by atoms with Gasteiger partial charge in [-0.15, -0.1) is 0 Å². The van der Waals surface area contributed by atoms with Gasteiger partial charge in [0, 0.05) is 0 Å². The fourth-order valence-corrected chi connectivity index (χ4v) is 1.83. The molecule has 0 aliphatic carbocycles. The van der Waals surface area contributed by atoms with Crippen LogP contribution in [-0.2, 0) is 10.8 Å². The minimum absolute atomic E-state index is 0.0770. The van der Waals surface area contributed by atoms with Gasteiger partial charge in [0.25, 0.3) is 0 Å². The summed E-state index contributed by atoms with van der Waals surface area (Å²) >= 11 is 2.05. The summed E-state index contributed by atoms with van der Waals surface area (Å²) in [6.45, 7) is 13.1. The van der Waals surface area contributed by atoms with E-state index in [9.17, 15) is 0 Å². The first-order chi connectivity index (χ1) is 6.60. The van der Waals surface area contributed by atoms with E-state index >= 15 is 0 Å². The second-order valence-corrected chi connectivity index (χ2v) is 7.37. The van der Waals surface area contributed by atoms with Crippen LogP contribution in [0.15, 0.2) is 16.5 Å². The van der Waals surface area contributed by atoms with E-state index in [-0.39, 0.29) is 10.8 Å². The Kier molecular flexibility index (Phi) is 3.53. The van der Waals surface area contributed by atoms with Crippen LogP contribution in [0.1, 0.15) is 53.1 Å². The summed E-state index contributed by atoms with van der Waals surface area (Å²) < 4.78 is 7.27. The molecule has 1 rings (SSSR count). The van der Waals surface area contributed by atoms with Crippen molar-refractivity contribution in [1.82, 2.24) is 0 Å². The molecule has 0 aliphatic rings. The van der Waals surface area contributed by atoms with Crippen LogP contribution in [0.2, 0.25) is 0 Å². The van der Waals surface area contributed by atoms with Crippen LogP contribution in [0, 0.1) is 3.20 Å². The second-order valence-electron chi connectivity index (χ2n) is 6.02. The number of rotatable bonds is 0. The van der Waals surface area contributed by atoms with Gasteiger partial charge >= 0.3 is 105 Å². The SMILES string of the molecule is CC(C)(C)c1cc(=[Te])cc(C(C)(C)C)o1. The molecule has 0 atom stereocenters. The third-order valence-electron chi connectivity index (χ3n) is 2.25. The van der Waals surface area contributed by atoms with Crippen LogP contribution < -0.4 is 0 Å². The van der Waals surface area contributed by atoms with E-state index < -0.39 is 0 Å². The minimum atomic E-state index is 0.0770. The predicted octanol–water partition coefficient (Wildman–Crippen LogP) is 3.58. The van der Waals surface area contributed by atoms with Gasteiger partial charge < -0.3 is 0 Å². The summed E-state index contributed by atoms with van der Waals surface area (Å²) in [6.07, 6.45) is 0. The normalized spacial score (nSPS) is 12.9. The van der Waals surface area contributed by atoms with Crippen molar-refractivity contribution in [2.45, 2.75) is 52.4 Å². The Labute approximate surface area is 105 Å². The first-order valence-electron chi connectivity index (χ1n) is 5.27. The summed E-state index contributed by atoms with van der Waals surface area (Å²) in [5.74, 6) is 2.13. The molecule has 0 fully saturated rings. The molecule has 0 saturated carbocycles. The molecule has 1 aromatic rings. The zero-order valence-electron chi connectivity index (χ0n) is 10.5. The van der Waals surface area contributed by atoms with E-state index in [1.165, 1.54) is 3.20 Å². The molecular weight excluding hydrogens is 300 g/mol. The molecule has 1 aromatic heterocycles. The summed E-state index contributed by atoms with van der Waals surface area (Å²) in [5.41, 5.74) is 0.154. The Morgan fingerprint density at radius 2 is 1.20 bits per heavy atom. The Morgan fingerprint density at radius 3 is 1.47 bits per heavy atom. The van der Waals surface area contributed by atoms with E-state index in [4.69, 9.17) is 4.42 Å². The van der Waals surface area contributed by atoms with E-state index in [2.05, 4.69) is 53.7 Å². The third kappa shape index (κ3) is 3.47. The molecular formula is C13H20OTe. The average molecular weight is 320 g/mol. The zero-order chi connectivity index (χ0) is 11.9. The fraction of sp³-hybridized carbons (Fsp3) is 0.615. The second kappa shape index (κ2) is 4.07. The first kappa shape index (κ1) is 13.0. The van der Waals surface area contributed by atoms with Gasteiger partial charge in [-0.1, -0.05) is 0 Å². The molecule has 1 nitrogen and oxygen atoms in total. The van der Waals surface area contributed by atoms with Gasteiger partial charge in [0.05, 0.1) is 0 Å². The summed E-state index contributed by atoms with van der Waals surface area (Å²) in [5, 5.41) is 0. The average Bonchev–Trinajstić information content (AvgIpc) is 1.99. The van der Waals surface area contributed by atoms with Crippen LogP contribution in [0.25, 0.3) is 0 Å². The van der Waals surface area contributed by atoms with Crippen molar-refractivity contribution in [2.24, 2.45) is 0 Å². The topological polar surface area (TPSA) is 13.1 Å². The molecule has 0 amide bonds. The van der Waals surface area contributed by atoms with Crippen molar-refractivity contribution >= 4 is 21.8 Å². The van der Waals surface area contributed by atoms with Crippen molar-refractivity contribution in [2.75, 3.05) is 0 Å². The molecule has 0 N–H and O–H groups in total. The molecule has 84 valence electrons. The standard InChI is InChI=1S/C13H20OTe/c1-12(2,3)10-7-9(15)8-11(14-10)13(4,5)6/h7-8H,1-6H3. The van der Waals surface area contributed by atoms with Gasteiger partial charge in [-0.05, 0) is 0 Å². The summed E-state index contributed by atoms with van der Waals surface area (Å²) in [4.78, 5) is 0. The van der Waals surface area contributed by atoms with E-state index in [0.29, 0.717) is 0 Å². The Bertz CT molecular complexity index is 367. The third-order valence-corrected chi connectivity index (χ3v) is 2.92. The number of hydrogen-bond donors (Lipinski definition) is 0. The molecule has 0 aromatic carbocycles. The fourth-order valence-electron chi connectivity index (χ4n) is 1.22. The molecule has 2 heteroatoms. The molecule has 0 spiro atoms. The molecule has 0 saturated heterocycles. The van der Waals surface area contributed by atoms with Crippen molar-refractivity contribution in [3.05, 3.63) is 26.8 Å². The summed E-state index contributed by atoms with van der Waals surface area (Å²) in [7, 11) is 0. The molecule has 1 heterocycles. The van der Waals surface area contributed by atoms with Crippen molar-refractivity contribution in [3.63, 3.8) is 0 Å². The van der Waals surface area contributed by atoms with Gasteiger partial charge in [0.1, 0.15) is 0 Å². The van der Waals surface area contributed by atoms with E-state index in [0.717, 1.165) is 11.5 Å². The molecule has 0 aliphatic heterocycles. The quantitative estimate of drug-likeness (QED) is 0.666. The van der Waals surface area contributed by atoms with Gasteiger partial charge in [-0.2, -0.15) is 0 Å². The first-order valence-corrected chi connectivity index (χ1v) is 6.43. The predicted molar refractivity (Wildman–Crippen MR) is 65.1 cm³/mol.